The summed E-state index contributed by atoms with van der Waals surface area (Å²) >= 11 is 0. The first-order chi connectivity index (χ1) is 8.43. The van der Waals surface area contributed by atoms with Crippen molar-refractivity contribution in [1.29, 1.82) is 0 Å². The van der Waals surface area contributed by atoms with E-state index in [2.05, 4.69) is 0 Å². The summed E-state index contributed by atoms with van der Waals surface area (Å²) in [7, 11) is 0. The quantitative estimate of drug-likeness (QED) is 0.894. The maximum absolute atomic E-state index is 12.5. The van der Waals surface area contributed by atoms with Gasteiger partial charge in [0.2, 0.25) is 0 Å². The highest BCUT2D eigenvalue weighted by Crippen LogP contribution is 2.30. The summed E-state index contributed by atoms with van der Waals surface area (Å²) in [5.74, 6) is 0. The molecule has 0 bridgehead atoms. The molecule has 6 heteroatoms. The van der Waals surface area contributed by atoms with Gasteiger partial charge in [0, 0.05) is 18.1 Å². The maximum atomic E-state index is 12.5. The number of fused-ring (bicyclic) bond motifs is 1. The molecule has 2 aromatic rings. The van der Waals surface area contributed by atoms with Crippen molar-refractivity contribution in [3.63, 3.8) is 0 Å². The van der Waals surface area contributed by atoms with Gasteiger partial charge in [0.25, 0.3) is 5.56 Å². The lowest BCUT2D eigenvalue weighted by Gasteiger charge is -2.09. The van der Waals surface area contributed by atoms with Gasteiger partial charge in [0.1, 0.15) is 0 Å². The molecule has 0 unspecified atom stereocenters. The number of alkyl halides is 3. The number of aromatic nitrogens is 1. The molecular formula is C12H10F3NO2. The number of rotatable bonds is 2. The van der Waals surface area contributed by atoms with E-state index in [1.165, 1.54) is 16.8 Å². The Morgan fingerprint density at radius 1 is 1.22 bits per heavy atom. The fourth-order valence-corrected chi connectivity index (χ4v) is 1.75. The van der Waals surface area contributed by atoms with Crippen molar-refractivity contribution < 1.29 is 18.3 Å². The first-order valence-electron chi connectivity index (χ1n) is 5.25. The summed E-state index contributed by atoms with van der Waals surface area (Å²) in [6, 6.07) is 4.42. The average molecular weight is 257 g/mol. The van der Waals surface area contributed by atoms with Crippen molar-refractivity contribution in [2.75, 3.05) is 6.61 Å². The van der Waals surface area contributed by atoms with Crippen LogP contribution < -0.4 is 5.56 Å². The van der Waals surface area contributed by atoms with Gasteiger partial charge in [0.05, 0.1) is 12.2 Å². The van der Waals surface area contributed by atoms with Gasteiger partial charge in [-0.25, -0.2) is 0 Å². The van der Waals surface area contributed by atoms with E-state index in [0.717, 1.165) is 18.2 Å². The molecule has 3 nitrogen and oxygen atoms in total. The maximum Gasteiger partial charge on any atom is 0.416 e. The molecule has 1 aromatic heterocycles. The van der Waals surface area contributed by atoms with E-state index in [0.29, 0.717) is 0 Å². The number of aliphatic hydroxyl groups is 1. The highest BCUT2D eigenvalue weighted by atomic mass is 19.4. The first-order valence-corrected chi connectivity index (χ1v) is 5.25. The SMILES string of the molecule is O=c1c2ccc(C(F)(F)F)cc2ccn1CCO. The Hall–Kier alpha value is -1.82. The van der Waals surface area contributed by atoms with E-state index in [-0.39, 0.29) is 23.9 Å². The van der Waals surface area contributed by atoms with Gasteiger partial charge in [-0.2, -0.15) is 13.2 Å². The van der Waals surface area contributed by atoms with Crippen LogP contribution in [0.1, 0.15) is 5.56 Å². The van der Waals surface area contributed by atoms with Crippen molar-refractivity contribution >= 4 is 10.8 Å². The lowest BCUT2D eigenvalue weighted by Crippen LogP contribution is -2.21. The molecule has 0 fully saturated rings. The molecule has 1 N–H and O–H groups in total. The first kappa shape index (κ1) is 12.6. The smallest absolute Gasteiger partial charge is 0.395 e. The summed E-state index contributed by atoms with van der Waals surface area (Å²) in [6.07, 6.45) is -3.05. The van der Waals surface area contributed by atoms with Crippen LogP contribution in [0.15, 0.2) is 35.3 Å². The molecule has 0 spiro atoms. The second-order valence-electron chi connectivity index (χ2n) is 3.84. The van der Waals surface area contributed by atoms with E-state index in [1.807, 2.05) is 0 Å². The van der Waals surface area contributed by atoms with Gasteiger partial charge < -0.3 is 9.67 Å². The van der Waals surface area contributed by atoms with Crippen molar-refractivity contribution in [3.8, 4) is 0 Å². The fraction of sp³-hybridized carbons (Fsp3) is 0.250. The fourth-order valence-electron chi connectivity index (χ4n) is 1.75. The van der Waals surface area contributed by atoms with E-state index in [1.54, 1.807) is 0 Å². The largest absolute Gasteiger partial charge is 0.416 e. The molecule has 0 saturated heterocycles. The van der Waals surface area contributed by atoms with E-state index in [9.17, 15) is 18.0 Å². The van der Waals surface area contributed by atoms with E-state index in [4.69, 9.17) is 5.11 Å². The average Bonchev–Trinajstić information content (AvgIpc) is 2.31. The zero-order chi connectivity index (χ0) is 13.3. The van der Waals surface area contributed by atoms with Gasteiger partial charge in [-0.05, 0) is 29.7 Å². The Bertz CT molecular complexity index is 631. The Kier molecular flexibility index (Phi) is 3.13. The predicted octanol–water partition coefficient (Wildman–Crippen LogP) is 2.01. The molecule has 2 rings (SSSR count). The lowest BCUT2D eigenvalue weighted by molar-refractivity contribution is -0.137. The molecule has 18 heavy (non-hydrogen) atoms. The molecule has 1 heterocycles. The van der Waals surface area contributed by atoms with Crippen molar-refractivity contribution in [1.82, 2.24) is 4.57 Å². The van der Waals surface area contributed by atoms with Crippen LogP contribution in [0.5, 0.6) is 0 Å². The highest BCUT2D eigenvalue weighted by Gasteiger charge is 2.30. The van der Waals surface area contributed by atoms with Gasteiger partial charge in [-0.15, -0.1) is 0 Å². The van der Waals surface area contributed by atoms with Crippen LogP contribution in [0.4, 0.5) is 13.2 Å². The third-order valence-electron chi connectivity index (χ3n) is 2.65. The minimum absolute atomic E-state index is 0.121. The van der Waals surface area contributed by atoms with Gasteiger partial charge in [0.15, 0.2) is 0 Å². The molecule has 0 radical (unpaired) electrons. The molecule has 0 saturated carbocycles. The minimum Gasteiger partial charge on any atom is -0.395 e. The van der Waals surface area contributed by atoms with Crippen LogP contribution in [0, 0.1) is 0 Å². The zero-order valence-corrected chi connectivity index (χ0v) is 9.24. The number of aliphatic hydroxyl groups excluding tert-OH is 1. The monoisotopic (exact) mass is 257 g/mol. The summed E-state index contributed by atoms with van der Waals surface area (Å²) in [5, 5.41) is 9.21. The summed E-state index contributed by atoms with van der Waals surface area (Å²) < 4.78 is 38.8. The predicted molar refractivity (Wildman–Crippen MR) is 60.3 cm³/mol. The Balaban J connectivity index is 2.62. The highest BCUT2D eigenvalue weighted by molar-refractivity contribution is 5.82. The van der Waals surface area contributed by atoms with Gasteiger partial charge in [-0.3, -0.25) is 4.79 Å². The second kappa shape index (κ2) is 4.45. The molecule has 0 aliphatic rings. The summed E-state index contributed by atoms with van der Waals surface area (Å²) in [4.78, 5) is 11.8. The van der Waals surface area contributed by atoms with Gasteiger partial charge >= 0.3 is 6.18 Å². The van der Waals surface area contributed by atoms with Gasteiger partial charge in [-0.1, -0.05) is 0 Å². The zero-order valence-electron chi connectivity index (χ0n) is 9.24. The Labute approximate surface area is 100 Å². The number of nitrogens with zero attached hydrogens (tertiary/aromatic N) is 1. The van der Waals surface area contributed by atoms with Crippen molar-refractivity contribution in [2.45, 2.75) is 12.7 Å². The Morgan fingerprint density at radius 2 is 1.94 bits per heavy atom. The molecule has 0 amide bonds. The topological polar surface area (TPSA) is 42.2 Å². The Morgan fingerprint density at radius 3 is 2.56 bits per heavy atom. The van der Waals surface area contributed by atoms with Crippen LogP contribution in [0.25, 0.3) is 10.8 Å². The molecule has 0 aliphatic heterocycles. The second-order valence-corrected chi connectivity index (χ2v) is 3.84. The molecule has 0 atom stereocenters. The molecule has 96 valence electrons. The normalized spacial score (nSPS) is 12.0. The van der Waals surface area contributed by atoms with Crippen molar-refractivity contribution in [2.24, 2.45) is 0 Å². The molecular weight excluding hydrogens is 247 g/mol. The minimum atomic E-state index is -4.42. The van der Waals surface area contributed by atoms with Crippen LogP contribution >= 0.6 is 0 Å². The number of halogens is 3. The lowest BCUT2D eigenvalue weighted by atomic mass is 10.1. The van der Waals surface area contributed by atoms with Crippen molar-refractivity contribution in [3.05, 3.63) is 46.4 Å². The summed E-state index contributed by atoms with van der Waals surface area (Å²) in [5.41, 5.74) is -1.19. The molecule has 0 aliphatic carbocycles. The van der Waals surface area contributed by atoms with E-state index >= 15 is 0 Å². The van der Waals surface area contributed by atoms with Crippen LogP contribution in [0.2, 0.25) is 0 Å². The van der Waals surface area contributed by atoms with Crippen LogP contribution in [-0.2, 0) is 12.7 Å². The third kappa shape index (κ3) is 2.24. The number of hydrogen-bond acceptors (Lipinski definition) is 2. The van der Waals surface area contributed by atoms with Crippen LogP contribution in [-0.4, -0.2) is 16.3 Å². The number of hydrogen-bond donors (Lipinski definition) is 1. The molecule has 1 aromatic carbocycles. The van der Waals surface area contributed by atoms with E-state index < -0.39 is 17.3 Å². The number of pyridine rings is 1. The number of benzene rings is 1. The standard InChI is InChI=1S/C12H10F3NO2/c13-12(14,15)9-1-2-10-8(7-9)3-4-16(5-6-17)11(10)18/h1-4,7,17H,5-6H2. The summed E-state index contributed by atoms with van der Waals surface area (Å²) in [6.45, 7) is -0.0815. The van der Waals surface area contributed by atoms with Crippen LogP contribution in [0.3, 0.4) is 0 Å². The third-order valence-corrected chi connectivity index (χ3v) is 2.65.